The average Bonchev–Trinajstić information content (AvgIpc) is 2.62. The molecule has 18 heavy (non-hydrogen) atoms. The van der Waals surface area contributed by atoms with Crippen molar-refractivity contribution >= 4 is 27.4 Å². The number of aryl methyl sites for hydroxylation is 2. The lowest BCUT2D eigenvalue weighted by atomic mass is 10.2. The van der Waals surface area contributed by atoms with Crippen LogP contribution in [-0.4, -0.2) is 18.2 Å². The van der Waals surface area contributed by atoms with Crippen LogP contribution in [0.4, 0.5) is 5.82 Å². The van der Waals surface area contributed by atoms with Crippen LogP contribution in [0.3, 0.4) is 0 Å². The molecule has 1 N–H and O–H groups in total. The third-order valence-corrected chi connectivity index (χ3v) is 4.13. The normalized spacial score (nSPS) is 11.5. The quantitative estimate of drug-likeness (QED) is 0.940. The molecule has 0 amide bonds. The third-order valence-electron chi connectivity index (χ3n) is 2.38. The molecule has 0 bridgehead atoms. The second kappa shape index (κ2) is 4.62. The van der Waals surface area contributed by atoms with E-state index in [9.17, 15) is 8.42 Å². The van der Waals surface area contributed by atoms with Gasteiger partial charge in [-0.2, -0.15) is 5.10 Å². The molecule has 1 heterocycles. The summed E-state index contributed by atoms with van der Waals surface area (Å²) < 4.78 is 28.2. The number of sulfonamides is 1. The van der Waals surface area contributed by atoms with Gasteiger partial charge >= 0.3 is 0 Å². The minimum atomic E-state index is -3.63. The van der Waals surface area contributed by atoms with E-state index >= 15 is 0 Å². The van der Waals surface area contributed by atoms with Crippen LogP contribution in [0.25, 0.3) is 0 Å². The molecule has 0 aliphatic carbocycles. The average molecular weight is 286 g/mol. The number of hydrogen-bond donors (Lipinski definition) is 1. The van der Waals surface area contributed by atoms with Gasteiger partial charge in [-0.3, -0.25) is 9.40 Å². The van der Waals surface area contributed by atoms with E-state index in [0.29, 0.717) is 10.6 Å². The molecule has 96 valence electrons. The van der Waals surface area contributed by atoms with Crippen LogP contribution in [0.2, 0.25) is 5.02 Å². The minimum absolute atomic E-state index is 0.192. The Hall–Kier alpha value is -1.53. The molecule has 0 fully saturated rings. The molecule has 0 spiro atoms. The molecule has 1 aromatic heterocycles. The van der Waals surface area contributed by atoms with E-state index in [4.69, 9.17) is 11.6 Å². The van der Waals surface area contributed by atoms with Gasteiger partial charge in [-0.1, -0.05) is 11.6 Å². The van der Waals surface area contributed by atoms with Crippen molar-refractivity contribution in [2.45, 2.75) is 11.8 Å². The van der Waals surface area contributed by atoms with Crippen molar-refractivity contribution in [1.82, 2.24) is 9.78 Å². The number of halogens is 1. The lowest BCUT2D eigenvalue weighted by Crippen LogP contribution is -2.14. The predicted molar refractivity (Wildman–Crippen MR) is 70.2 cm³/mol. The first kappa shape index (κ1) is 12.9. The first-order chi connectivity index (χ1) is 8.38. The number of nitrogens with one attached hydrogen (secondary N) is 1. The minimum Gasteiger partial charge on any atom is -0.274 e. The Morgan fingerprint density at radius 2 is 2.06 bits per heavy atom. The zero-order valence-electron chi connectivity index (χ0n) is 9.88. The molecule has 0 aliphatic heterocycles. The van der Waals surface area contributed by atoms with E-state index in [1.54, 1.807) is 38.4 Å². The third kappa shape index (κ3) is 2.65. The fraction of sp³-hybridized carbons (Fsp3) is 0.182. The highest BCUT2D eigenvalue weighted by Crippen LogP contribution is 2.21. The molecule has 0 unspecified atom stereocenters. The molecule has 0 aliphatic rings. The maximum Gasteiger partial charge on any atom is 0.263 e. The molecular weight excluding hydrogens is 274 g/mol. The van der Waals surface area contributed by atoms with Gasteiger partial charge in [0.1, 0.15) is 0 Å². The van der Waals surface area contributed by atoms with E-state index in [1.165, 1.54) is 10.7 Å². The van der Waals surface area contributed by atoms with Crippen molar-refractivity contribution in [1.29, 1.82) is 0 Å². The van der Waals surface area contributed by atoms with Gasteiger partial charge in [0, 0.05) is 24.3 Å². The molecule has 5 nitrogen and oxygen atoms in total. The summed E-state index contributed by atoms with van der Waals surface area (Å²) in [5.74, 6) is 0.284. The van der Waals surface area contributed by atoms with Gasteiger partial charge < -0.3 is 0 Å². The molecule has 0 atom stereocenters. The van der Waals surface area contributed by atoms with Crippen LogP contribution < -0.4 is 4.72 Å². The van der Waals surface area contributed by atoms with E-state index in [1.807, 2.05) is 0 Å². The van der Waals surface area contributed by atoms with Crippen LogP contribution in [-0.2, 0) is 17.1 Å². The highest BCUT2D eigenvalue weighted by atomic mass is 35.5. The summed E-state index contributed by atoms with van der Waals surface area (Å²) in [6.07, 6.45) is 1.66. The Balaban J connectivity index is 2.36. The van der Waals surface area contributed by atoms with Crippen molar-refractivity contribution in [2.75, 3.05) is 4.72 Å². The Kier molecular flexibility index (Phi) is 3.32. The van der Waals surface area contributed by atoms with Crippen LogP contribution >= 0.6 is 11.6 Å². The Morgan fingerprint density at radius 3 is 2.61 bits per heavy atom. The van der Waals surface area contributed by atoms with Crippen LogP contribution in [0.15, 0.2) is 35.4 Å². The van der Waals surface area contributed by atoms with E-state index < -0.39 is 10.0 Å². The van der Waals surface area contributed by atoms with Gasteiger partial charge in [-0.15, -0.1) is 0 Å². The molecule has 0 saturated carbocycles. The maximum absolute atomic E-state index is 12.1. The van der Waals surface area contributed by atoms with E-state index in [0.717, 1.165) is 0 Å². The smallest absolute Gasteiger partial charge is 0.263 e. The van der Waals surface area contributed by atoms with Crippen LogP contribution in [0.1, 0.15) is 5.56 Å². The predicted octanol–water partition coefficient (Wildman–Crippen LogP) is 2.18. The lowest BCUT2D eigenvalue weighted by molar-refractivity contribution is 0.600. The number of hydrogen-bond acceptors (Lipinski definition) is 3. The van der Waals surface area contributed by atoms with Crippen LogP contribution in [0.5, 0.6) is 0 Å². The molecule has 0 saturated heterocycles. The maximum atomic E-state index is 12.1. The molecule has 2 rings (SSSR count). The van der Waals surface area contributed by atoms with Crippen molar-refractivity contribution in [3.8, 4) is 0 Å². The summed E-state index contributed by atoms with van der Waals surface area (Å²) in [6, 6.07) is 6.21. The topological polar surface area (TPSA) is 64.0 Å². The molecule has 0 radical (unpaired) electrons. The summed E-state index contributed by atoms with van der Waals surface area (Å²) in [4.78, 5) is 0.192. The lowest BCUT2D eigenvalue weighted by Gasteiger charge is -2.08. The van der Waals surface area contributed by atoms with Gasteiger partial charge in [-0.25, -0.2) is 8.42 Å². The summed E-state index contributed by atoms with van der Waals surface area (Å²) in [7, 11) is -1.92. The van der Waals surface area contributed by atoms with Gasteiger partial charge in [0.2, 0.25) is 0 Å². The Labute approximate surface area is 110 Å². The SMILES string of the molecule is Cc1cc(Cl)ccc1S(=O)(=O)Nc1ccn(C)n1. The number of nitrogens with zero attached hydrogens (tertiary/aromatic N) is 2. The van der Waals surface area contributed by atoms with Gasteiger partial charge in [0.05, 0.1) is 4.90 Å². The van der Waals surface area contributed by atoms with Crippen LogP contribution in [0, 0.1) is 6.92 Å². The number of rotatable bonds is 3. The summed E-state index contributed by atoms with van der Waals surface area (Å²) in [5, 5.41) is 4.47. The van der Waals surface area contributed by atoms with Crippen molar-refractivity contribution in [3.05, 3.63) is 41.0 Å². The van der Waals surface area contributed by atoms with Gasteiger partial charge in [-0.05, 0) is 30.7 Å². The van der Waals surface area contributed by atoms with Gasteiger partial charge in [0.15, 0.2) is 5.82 Å². The summed E-state index contributed by atoms with van der Waals surface area (Å²) >= 11 is 5.80. The Bertz CT molecular complexity index is 679. The molecular formula is C11H12ClN3O2S. The highest BCUT2D eigenvalue weighted by molar-refractivity contribution is 7.92. The fourth-order valence-corrected chi connectivity index (χ4v) is 3.03. The first-order valence-corrected chi connectivity index (χ1v) is 7.03. The van der Waals surface area contributed by atoms with Crippen molar-refractivity contribution in [2.24, 2.45) is 7.05 Å². The van der Waals surface area contributed by atoms with Gasteiger partial charge in [0.25, 0.3) is 10.0 Å². The number of aromatic nitrogens is 2. The first-order valence-electron chi connectivity index (χ1n) is 5.17. The summed E-state index contributed by atoms with van der Waals surface area (Å²) in [6.45, 7) is 1.69. The fourth-order valence-electron chi connectivity index (χ4n) is 1.58. The monoisotopic (exact) mass is 285 g/mol. The molecule has 7 heteroatoms. The standard InChI is InChI=1S/C11H12ClN3O2S/c1-8-7-9(12)3-4-10(8)18(16,17)14-11-5-6-15(2)13-11/h3-7H,1-2H3,(H,13,14). The van der Waals surface area contributed by atoms with E-state index in [-0.39, 0.29) is 10.7 Å². The summed E-state index contributed by atoms with van der Waals surface area (Å²) in [5.41, 5.74) is 0.589. The number of anilines is 1. The second-order valence-corrected chi connectivity index (χ2v) is 5.98. The second-order valence-electron chi connectivity index (χ2n) is 3.89. The number of benzene rings is 1. The molecule has 2 aromatic rings. The zero-order valence-corrected chi connectivity index (χ0v) is 11.5. The van der Waals surface area contributed by atoms with Crippen molar-refractivity contribution in [3.63, 3.8) is 0 Å². The zero-order chi connectivity index (χ0) is 13.3. The highest BCUT2D eigenvalue weighted by Gasteiger charge is 2.17. The van der Waals surface area contributed by atoms with Crippen molar-refractivity contribution < 1.29 is 8.42 Å². The Morgan fingerprint density at radius 1 is 1.33 bits per heavy atom. The largest absolute Gasteiger partial charge is 0.274 e. The van der Waals surface area contributed by atoms with E-state index in [2.05, 4.69) is 9.82 Å². The molecule has 1 aromatic carbocycles.